The van der Waals surface area contributed by atoms with Crippen LogP contribution in [-0.4, -0.2) is 27.3 Å². The van der Waals surface area contributed by atoms with Crippen LogP contribution in [0.2, 0.25) is 0 Å². The zero-order chi connectivity index (χ0) is 15.6. The molecule has 5 nitrogen and oxygen atoms in total. The molecular weight excluding hydrogens is 308 g/mol. The lowest BCUT2D eigenvalue weighted by molar-refractivity contribution is 0.207. The van der Waals surface area contributed by atoms with Gasteiger partial charge in [0, 0.05) is 36.0 Å². The smallest absolute Gasteiger partial charge is 0.320 e. The Morgan fingerprint density at radius 2 is 2.22 bits per heavy atom. The van der Waals surface area contributed by atoms with E-state index in [1.807, 2.05) is 41.4 Å². The van der Waals surface area contributed by atoms with Gasteiger partial charge in [0.05, 0.1) is 5.69 Å². The second-order valence-corrected chi connectivity index (χ2v) is 6.47. The van der Waals surface area contributed by atoms with Crippen molar-refractivity contribution in [3.05, 3.63) is 64.6 Å². The van der Waals surface area contributed by atoms with Gasteiger partial charge in [0.15, 0.2) is 0 Å². The molecule has 1 N–H and O–H groups in total. The third kappa shape index (κ3) is 2.85. The summed E-state index contributed by atoms with van der Waals surface area (Å²) in [5.41, 5.74) is 2.97. The summed E-state index contributed by atoms with van der Waals surface area (Å²) in [5, 5.41) is 9.29. The minimum atomic E-state index is -0.0561. The molecule has 0 saturated carbocycles. The lowest BCUT2D eigenvalue weighted by Gasteiger charge is -2.27. The summed E-state index contributed by atoms with van der Waals surface area (Å²) in [6, 6.07) is 11.6. The quantitative estimate of drug-likeness (QED) is 0.784. The normalized spacial score (nSPS) is 13.7. The Kier molecular flexibility index (Phi) is 3.59. The zero-order valence-corrected chi connectivity index (χ0v) is 13.3. The fourth-order valence-electron chi connectivity index (χ4n) is 2.77. The van der Waals surface area contributed by atoms with Crippen molar-refractivity contribution in [1.82, 2.24) is 14.7 Å². The molecule has 1 aliphatic heterocycles. The summed E-state index contributed by atoms with van der Waals surface area (Å²) < 4.78 is 1.77. The van der Waals surface area contributed by atoms with Gasteiger partial charge in [-0.05, 0) is 47.7 Å². The van der Waals surface area contributed by atoms with E-state index in [0.717, 1.165) is 24.3 Å². The number of rotatable bonds is 2. The summed E-state index contributed by atoms with van der Waals surface area (Å²) in [7, 11) is 0. The van der Waals surface area contributed by atoms with Crippen molar-refractivity contribution in [1.29, 1.82) is 0 Å². The number of nitrogens with zero attached hydrogens (tertiary/aromatic N) is 3. The fourth-order valence-corrected chi connectivity index (χ4v) is 3.66. The summed E-state index contributed by atoms with van der Waals surface area (Å²) in [6.07, 6.45) is 4.55. The molecule has 1 aromatic carbocycles. The van der Waals surface area contributed by atoms with Gasteiger partial charge in [-0.1, -0.05) is 6.07 Å². The van der Waals surface area contributed by atoms with E-state index in [9.17, 15) is 4.79 Å². The maximum absolute atomic E-state index is 12.5. The van der Waals surface area contributed by atoms with Crippen LogP contribution in [0.4, 0.5) is 10.5 Å². The van der Waals surface area contributed by atoms with Gasteiger partial charge in [-0.2, -0.15) is 5.10 Å². The van der Waals surface area contributed by atoms with Crippen LogP contribution in [0.15, 0.2) is 54.2 Å². The number of benzene rings is 1. The van der Waals surface area contributed by atoms with E-state index >= 15 is 0 Å². The van der Waals surface area contributed by atoms with Gasteiger partial charge in [0.2, 0.25) is 0 Å². The van der Waals surface area contributed by atoms with Crippen LogP contribution in [0.5, 0.6) is 0 Å². The van der Waals surface area contributed by atoms with Crippen LogP contribution in [0.1, 0.15) is 10.4 Å². The maximum Gasteiger partial charge on any atom is 0.322 e. The van der Waals surface area contributed by atoms with Gasteiger partial charge in [0.25, 0.3) is 0 Å². The Balaban J connectivity index is 1.48. The highest BCUT2D eigenvalue weighted by atomic mass is 32.1. The van der Waals surface area contributed by atoms with Crippen molar-refractivity contribution in [2.75, 3.05) is 11.9 Å². The van der Waals surface area contributed by atoms with E-state index in [2.05, 4.69) is 21.9 Å². The average Bonchev–Trinajstić information content (AvgIpc) is 3.26. The van der Waals surface area contributed by atoms with Crippen LogP contribution >= 0.6 is 11.3 Å². The van der Waals surface area contributed by atoms with E-state index in [4.69, 9.17) is 0 Å². The molecule has 6 heteroatoms. The maximum atomic E-state index is 12.5. The first-order valence-electron chi connectivity index (χ1n) is 7.51. The molecule has 3 heterocycles. The topological polar surface area (TPSA) is 50.2 Å². The predicted octanol–water partition coefficient (Wildman–Crippen LogP) is 3.52. The molecule has 0 aliphatic carbocycles. The van der Waals surface area contributed by atoms with E-state index in [1.54, 1.807) is 22.2 Å². The van der Waals surface area contributed by atoms with E-state index in [1.165, 1.54) is 10.4 Å². The van der Waals surface area contributed by atoms with Crippen molar-refractivity contribution in [2.24, 2.45) is 0 Å². The number of fused-ring (bicyclic) bond motifs is 1. The number of aromatic nitrogens is 2. The Morgan fingerprint density at radius 1 is 1.26 bits per heavy atom. The molecule has 0 unspecified atom stereocenters. The largest absolute Gasteiger partial charge is 0.322 e. The van der Waals surface area contributed by atoms with Crippen molar-refractivity contribution < 1.29 is 4.79 Å². The lowest BCUT2D eigenvalue weighted by atomic mass is 10.1. The van der Waals surface area contributed by atoms with Gasteiger partial charge in [0.1, 0.15) is 0 Å². The molecule has 116 valence electrons. The van der Waals surface area contributed by atoms with Crippen LogP contribution < -0.4 is 5.32 Å². The molecule has 0 bridgehead atoms. The fraction of sp³-hybridized carbons (Fsp3) is 0.176. The summed E-state index contributed by atoms with van der Waals surface area (Å²) >= 11 is 1.78. The highest BCUT2D eigenvalue weighted by Crippen LogP contribution is 2.24. The van der Waals surface area contributed by atoms with Crippen LogP contribution in [-0.2, 0) is 13.0 Å². The van der Waals surface area contributed by atoms with E-state index in [-0.39, 0.29) is 6.03 Å². The second-order valence-electron chi connectivity index (χ2n) is 5.47. The average molecular weight is 324 g/mol. The number of urea groups is 1. The number of hydrogen-bond acceptors (Lipinski definition) is 3. The minimum absolute atomic E-state index is 0.0561. The van der Waals surface area contributed by atoms with Gasteiger partial charge >= 0.3 is 6.03 Å². The van der Waals surface area contributed by atoms with Crippen LogP contribution in [0.25, 0.3) is 5.69 Å². The number of carbonyl (C=O) groups is 1. The van der Waals surface area contributed by atoms with Crippen LogP contribution in [0.3, 0.4) is 0 Å². The number of anilines is 1. The Bertz CT molecular complexity index is 825. The number of carbonyl (C=O) groups excluding carboxylic acids is 1. The van der Waals surface area contributed by atoms with Crippen molar-refractivity contribution in [2.45, 2.75) is 13.0 Å². The standard InChI is InChI=1S/C17H16N4OS/c22-17(20-9-5-16-13(12-20)6-10-23-16)19-14-3-1-4-15(11-14)21-8-2-7-18-21/h1-4,6-8,10-11H,5,9,12H2,(H,19,22). The van der Waals surface area contributed by atoms with Crippen molar-refractivity contribution in [3.8, 4) is 5.69 Å². The van der Waals surface area contributed by atoms with E-state index in [0.29, 0.717) is 6.54 Å². The highest BCUT2D eigenvalue weighted by molar-refractivity contribution is 7.10. The first-order valence-corrected chi connectivity index (χ1v) is 8.39. The Morgan fingerprint density at radius 3 is 3.09 bits per heavy atom. The number of thiophene rings is 1. The first-order chi connectivity index (χ1) is 11.3. The minimum Gasteiger partial charge on any atom is -0.320 e. The third-order valence-corrected chi connectivity index (χ3v) is 4.98. The molecule has 4 rings (SSSR count). The molecule has 0 atom stereocenters. The van der Waals surface area contributed by atoms with Crippen molar-refractivity contribution >= 4 is 23.1 Å². The second kappa shape index (κ2) is 5.89. The summed E-state index contributed by atoms with van der Waals surface area (Å²) in [6.45, 7) is 1.45. The van der Waals surface area contributed by atoms with Gasteiger partial charge in [-0.3, -0.25) is 0 Å². The monoisotopic (exact) mass is 324 g/mol. The summed E-state index contributed by atoms with van der Waals surface area (Å²) in [4.78, 5) is 15.7. The molecule has 0 fully saturated rings. The molecule has 0 radical (unpaired) electrons. The van der Waals surface area contributed by atoms with Crippen LogP contribution in [0, 0.1) is 0 Å². The lowest BCUT2D eigenvalue weighted by Crippen LogP contribution is -2.38. The van der Waals surface area contributed by atoms with E-state index < -0.39 is 0 Å². The molecule has 23 heavy (non-hydrogen) atoms. The SMILES string of the molecule is O=C(Nc1cccc(-n2cccn2)c1)N1CCc2sccc2C1. The van der Waals surface area contributed by atoms with Gasteiger partial charge in [-0.25, -0.2) is 9.48 Å². The van der Waals surface area contributed by atoms with Crippen molar-refractivity contribution in [3.63, 3.8) is 0 Å². The molecule has 3 aromatic rings. The zero-order valence-electron chi connectivity index (χ0n) is 12.5. The molecule has 1 aliphatic rings. The number of nitrogens with one attached hydrogen (secondary N) is 1. The molecule has 2 amide bonds. The van der Waals surface area contributed by atoms with Gasteiger partial charge < -0.3 is 10.2 Å². The van der Waals surface area contributed by atoms with Gasteiger partial charge in [-0.15, -0.1) is 11.3 Å². The molecular formula is C17H16N4OS. The molecule has 2 aromatic heterocycles. The molecule has 0 saturated heterocycles. The number of hydrogen-bond donors (Lipinski definition) is 1. The Labute approximate surface area is 138 Å². The third-order valence-electron chi connectivity index (χ3n) is 3.96. The number of amides is 2. The predicted molar refractivity (Wildman–Crippen MR) is 91.0 cm³/mol. The highest BCUT2D eigenvalue weighted by Gasteiger charge is 2.21. The Hall–Kier alpha value is -2.60. The summed E-state index contributed by atoms with van der Waals surface area (Å²) in [5.74, 6) is 0. The first kappa shape index (κ1) is 14.0. The molecule has 0 spiro atoms.